The number of benzene rings is 2. The Morgan fingerprint density at radius 1 is 1.04 bits per heavy atom. The maximum Gasteiger partial charge on any atom is 0.251 e. The predicted molar refractivity (Wildman–Crippen MR) is 102 cm³/mol. The van der Waals surface area contributed by atoms with Gasteiger partial charge in [-0.25, -0.2) is 0 Å². The molecule has 3 rings (SSSR count). The molecule has 3 aromatic rings. The van der Waals surface area contributed by atoms with Gasteiger partial charge < -0.3 is 10.3 Å². The normalized spacial score (nSPS) is 10.8. The molecule has 1 heterocycles. The maximum atomic E-state index is 12.1. The summed E-state index contributed by atoms with van der Waals surface area (Å²) in [6, 6.07) is 15.7. The number of carbonyl (C=O) groups is 1. The van der Waals surface area contributed by atoms with Gasteiger partial charge in [0.15, 0.2) is 0 Å². The van der Waals surface area contributed by atoms with E-state index in [2.05, 4.69) is 17.2 Å². The third-order valence-corrected chi connectivity index (χ3v) is 4.38. The van der Waals surface area contributed by atoms with Crippen LogP contribution in [0.3, 0.4) is 0 Å². The molecule has 0 aliphatic rings. The smallest absolute Gasteiger partial charge is 0.251 e. The second-order valence-corrected chi connectivity index (χ2v) is 6.30. The third kappa shape index (κ3) is 4.15. The van der Waals surface area contributed by atoms with Crippen molar-refractivity contribution in [1.82, 2.24) is 4.98 Å². The van der Waals surface area contributed by atoms with Crippen LogP contribution in [-0.4, -0.2) is 10.9 Å². The molecule has 25 heavy (non-hydrogen) atoms. The van der Waals surface area contributed by atoms with Gasteiger partial charge >= 0.3 is 0 Å². The number of aromatic amines is 1. The van der Waals surface area contributed by atoms with Crippen molar-refractivity contribution in [3.8, 4) is 0 Å². The van der Waals surface area contributed by atoms with Crippen molar-refractivity contribution in [3.63, 3.8) is 0 Å². The lowest BCUT2D eigenvalue weighted by Gasteiger charge is -2.07. The Kier molecular flexibility index (Phi) is 4.98. The van der Waals surface area contributed by atoms with Crippen molar-refractivity contribution in [2.24, 2.45) is 0 Å². The van der Waals surface area contributed by atoms with Gasteiger partial charge in [0.25, 0.3) is 5.56 Å². The van der Waals surface area contributed by atoms with Gasteiger partial charge in [-0.15, -0.1) is 0 Å². The first kappa shape index (κ1) is 17.0. The molecule has 128 valence electrons. The zero-order valence-electron chi connectivity index (χ0n) is 14.6. The Bertz CT molecular complexity index is 956. The molecular weight excluding hydrogens is 312 g/mol. The van der Waals surface area contributed by atoms with Gasteiger partial charge in [0, 0.05) is 23.2 Å². The quantitative estimate of drug-likeness (QED) is 0.741. The summed E-state index contributed by atoms with van der Waals surface area (Å²) in [4.78, 5) is 26.8. The molecule has 0 saturated heterocycles. The second-order valence-electron chi connectivity index (χ2n) is 6.30. The lowest BCUT2D eigenvalue weighted by atomic mass is 10.1. The van der Waals surface area contributed by atoms with Crippen LogP contribution in [0.25, 0.3) is 10.9 Å². The molecule has 1 amide bonds. The molecule has 4 nitrogen and oxygen atoms in total. The molecule has 2 N–H and O–H groups in total. The van der Waals surface area contributed by atoms with E-state index in [0.717, 1.165) is 28.6 Å². The average molecular weight is 334 g/mol. The van der Waals surface area contributed by atoms with E-state index < -0.39 is 0 Å². The Labute approximate surface area is 146 Å². The summed E-state index contributed by atoms with van der Waals surface area (Å²) in [5.74, 6) is -0.0123. The van der Waals surface area contributed by atoms with E-state index in [9.17, 15) is 9.59 Å². The van der Waals surface area contributed by atoms with Crippen molar-refractivity contribution < 1.29 is 4.79 Å². The van der Waals surface area contributed by atoms with Crippen molar-refractivity contribution in [2.45, 2.75) is 33.1 Å². The van der Waals surface area contributed by atoms with Gasteiger partial charge in [-0.1, -0.05) is 31.2 Å². The van der Waals surface area contributed by atoms with Gasteiger partial charge in [-0.3, -0.25) is 9.59 Å². The fourth-order valence-corrected chi connectivity index (χ4v) is 2.82. The molecule has 0 unspecified atom stereocenters. The predicted octanol–water partition coefficient (Wildman–Crippen LogP) is 3.97. The van der Waals surface area contributed by atoms with Crippen LogP contribution in [0, 0.1) is 6.92 Å². The van der Waals surface area contributed by atoms with Gasteiger partial charge in [0.1, 0.15) is 0 Å². The summed E-state index contributed by atoms with van der Waals surface area (Å²) in [5, 5.41) is 3.92. The lowest BCUT2D eigenvalue weighted by molar-refractivity contribution is -0.116. The first-order chi connectivity index (χ1) is 12.0. The van der Waals surface area contributed by atoms with E-state index in [-0.39, 0.29) is 11.5 Å². The van der Waals surface area contributed by atoms with Crippen LogP contribution >= 0.6 is 0 Å². The highest BCUT2D eigenvalue weighted by molar-refractivity contribution is 5.91. The number of pyridine rings is 1. The fraction of sp³-hybridized carbons (Fsp3) is 0.238. The van der Waals surface area contributed by atoms with Crippen molar-refractivity contribution in [3.05, 3.63) is 75.6 Å². The summed E-state index contributed by atoms with van der Waals surface area (Å²) in [6.45, 7) is 3.90. The third-order valence-electron chi connectivity index (χ3n) is 4.38. The first-order valence-corrected chi connectivity index (χ1v) is 8.56. The first-order valence-electron chi connectivity index (χ1n) is 8.56. The number of aromatic nitrogens is 1. The highest BCUT2D eigenvalue weighted by Crippen LogP contribution is 2.15. The van der Waals surface area contributed by atoms with Crippen molar-refractivity contribution >= 4 is 22.5 Å². The van der Waals surface area contributed by atoms with E-state index in [0.29, 0.717) is 18.4 Å². The van der Waals surface area contributed by atoms with Crippen LogP contribution in [0.15, 0.2) is 53.3 Å². The number of hydrogen-bond acceptors (Lipinski definition) is 2. The van der Waals surface area contributed by atoms with Crippen LogP contribution in [0.5, 0.6) is 0 Å². The fourth-order valence-electron chi connectivity index (χ4n) is 2.82. The maximum absolute atomic E-state index is 12.1. The Balaban J connectivity index is 1.64. The molecule has 0 fully saturated rings. The van der Waals surface area contributed by atoms with Crippen LogP contribution in [-0.2, 0) is 17.6 Å². The van der Waals surface area contributed by atoms with Gasteiger partial charge in [-0.2, -0.15) is 0 Å². The molecule has 2 aromatic carbocycles. The SMILES string of the molecule is CCc1ccc(NC(=O)CCc2ccc3cc(C)c(=O)[nH]c3c2)cc1. The van der Waals surface area contributed by atoms with Gasteiger partial charge in [0.2, 0.25) is 5.91 Å². The van der Waals surface area contributed by atoms with E-state index >= 15 is 0 Å². The zero-order valence-corrected chi connectivity index (χ0v) is 14.6. The number of H-pyrrole nitrogens is 1. The van der Waals surface area contributed by atoms with Crippen LogP contribution in [0.4, 0.5) is 5.69 Å². The summed E-state index contributed by atoms with van der Waals surface area (Å²) >= 11 is 0. The van der Waals surface area contributed by atoms with E-state index in [4.69, 9.17) is 0 Å². The van der Waals surface area contributed by atoms with Crippen LogP contribution in [0.2, 0.25) is 0 Å². The number of nitrogens with one attached hydrogen (secondary N) is 2. The van der Waals surface area contributed by atoms with Gasteiger partial charge in [-0.05, 0) is 60.5 Å². The number of rotatable bonds is 5. The Hall–Kier alpha value is -2.88. The average Bonchev–Trinajstić information content (AvgIpc) is 2.61. The Morgan fingerprint density at radius 2 is 1.76 bits per heavy atom. The monoisotopic (exact) mass is 334 g/mol. The number of anilines is 1. The summed E-state index contributed by atoms with van der Waals surface area (Å²) < 4.78 is 0. The largest absolute Gasteiger partial charge is 0.326 e. The molecule has 0 spiro atoms. The Morgan fingerprint density at radius 3 is 2.48 bits per heavy atom. The van der Waals surface area contributed by atoms with Crippen molar-refractivity contribution in [2.75, 3.05) is 5.32 Å². The molecule has 0 saturated carbocycles. The molecule has 0 aliphatic carbocycles. The van der Waals surface area contributed by atoms with Crippen molar-refractivity contribution in [1.29, 1.82) is 0 Å². The molecule has 0 bridgehead atoms. The van der Waals surface area contributed by atoms with E-state index in [1.54, 1.807) is 6.92 Å². The standard InChI is InChI=1S/C21H22N2O2/c1-3-15-5-9-18(10-6-15)22-20(24)11-7-16-4-8-17-12-14(2)21(25)23-19(17)13-16/h4-6,8-10,12-13H,3,7,11H2,1-2H3,(H,22,24)(H,23,25). The van der Waals surface area contributed by atoms with Gasteiger partial charge in [0.05, 0.1) is 0 Å². The highest BCUT2D eigenvalue weighted by Gasteiger charge is 2.05. The number of carbonyl (C=O) groups excluding carboxylic acids is 1. The second kappa shape index (κ2) is 7.34. The van der Waals surface area contributed by atoms with Crippen LogP contribution in [0.1, 0.15) is 30.0 Å². The van der Waals surface area contributed by atoms with E-state index in [1.165, 1.54) is 5.56 Å². The number of fused-ring (bicyclic) bond motifs is 1. The minimum Gasteiger partial charge on any atom is -0.326 e. The molecule has 0 atom stereocenters. The molecule has 0 aliphatic heterocycles. The minimum atomic E-state index is -0.0714. The van der Waals surface area contributed by atoms with E-state index in [1.807, 2.05) is 48.5 Å². The summed E-state index contributed by atoms with van der Waals surface area (Å²) in [7, 11) is 0. The topological polar surface area (TPSA) is 62.0 Å². The number of aryl methyl sites for hydroxylation is 3. The highest BCUT2D eigenvalue weighted by atomic mass is 16.1. The molecule has 1 aromatic heterocycles. The summed E-state index contributed by atoms with van der Waals surface area (Å²) in [6.07, 6.45) is 2.01. The summed E-state index contributed by atoms with van der Waals surface area (Å²) in [5.41, 5.74) is 4.54. The molecular formula is C21H22N2O2. The number of amides is 1. The zero-order chi connectivity index (χ0) is 17.8. The lowest BCUT2D eigenvalue weighted by Crippen LogP contribution is -2.12. The molecule has 4 heteroatoms. The minimum absolute atomic E-state index is 0.0123. The molecule has 0 radical (unpaired) electrons. The van der Waals surface area contributed by atoms with Crippen LogP contribution < -0.4 is 10.9 Å². The number of hydrogen-bond donors (Lipinski definition) is 2.